The van der Waals surface area contributed by atoms with Crippen LogP contribution < -0.4 is 10.6 Å². The summed E-state index contributed by atoms with van der Waals surface area (Å²) in [5.74, 6) is 0.691. The quantitative estimate of drug-likeness (QED) is 0.345. The first-order valence-corrected chi connectivity index (χ1v) is 10.9. The number of alkyl halides is 6. The van der Waals surface area contributed by atoms with E-state index in [4.69, 9.17) is 0 Å². The third-order valence-corrected chi connectivity index (χ3v) is 5.75. The number of aliphatic hydroxyl groups excluding tert-OH is 1. The largest absolute Gasteiger partial charge is 0.433 e. The summed E-state index contributed by atoms with van der Waals surface area (Å²) in [7, 11) is 0. The zero-order valence-electron chi connectivity index (χ0n) is 17.9. The van der Waals surface area contributed by atoms with Crippen LogP contribution in [0.3, 0.4) is 0 Å². The normalized spacial score (nSPS) is 16.3. The second kappa shape index (κ2) is 10.8. The second-order valence-corrected chi connectivity index (χ2v) is 8.32. The van der Waals surface area contributed by atoms with Gasteiger partial charge in [-0.15, -0.1) is 0 Å². The third-order valence-electron chi connectivity index (χ3n) is 5.75. The number of aliphatic hydroxyl groups is 1. The fraction of sp³-hybridized carbons (Fsp3) is 0.522. The molecule has 4 nitrogen and oxygen atoms in total. The smallest absolute Gasteiger partial charge is 0.387 e. The van der Waals surface area contributed by atoms with Crippen molar-refractivity contribution >= 4 is 0 Å². The number of rotatable bonds is 9. The number of nitrogens with one attached hydrogen (secondary N) is 2. The van der Waals surface area contributed by atoms with Crippen LogP contribution in [0, 0.1) is 5.92 Å². The Morgan fingerprint density at radius 1 is 0.909 bits per heavy atom. The molecule has 1 heterocycles. The molecule has 182 valence electrons. The van der Waals surface area contributed by atoms with E-state index < -0.39 is 29.7 Å². The van der Waals surface area contributed by atoms with Gasteiger partial charge >= 0.3 is 12.4 Å². The summed E-state index contributed by atoms with van der Waals surface area (Å²) >= 11 is 0. The number of halogens is 6. The van der Waals surface area contributed by atoms with E-state index in [1.165, 1.54) is 31.7 Å². The number of aromatic nitrogens is 1. The molecule has 0 amide bonds. The van der Waals surface area contributed by atoms with Crippen LogP contribution in [0.5, 0.6) is 0 Å². The van der Waals surface area contributed by atoms with Gasteiger partial charge in [-0.1, -0.05) is 25.0 Å². The molecule has 1 aliphatic rings. The van der Waals surface area contributed by atoms with Crippen molar-refractivity contribution < 1.29 is 31.4 Å². The summed E-state index contributed by atoms with van der Waals surface area (Å²) in [6, 6.07) is 5.73. The molecule has 1 aromatic heterocycles. The molecule has 3 N–H and O–H groups in total. The molecule has 0 saturated heterocycles. The van der Waals surface area contributed by atoms with Crippen LogP contribution in [0.25, 0.3) is 11.3 Å². The predicted octanol–water partition coefficient (Wildman–Crippen LogP) is 5.19. The highest BCUT2D eigenvalue weighted by atomic mass is 19.4. The van der Waals surface area contributed by atoms with E-state index in [-0.39, 0.29) is 23.4 Å². The lowest BCUT2D eigenvalue weighted by Crippen LogP contribution is -2.32. The van der Waals surface area contributed by atoms with Crippen LogP contribution in [0.1, 0.15) is 48.6 Å². The van der Waals surface area contributed by atoms with Gasteiger partial charge in [-0.05, 0) is 55.1 Å². The predicted molar refractivity (Wildman–Crippen MR) is 112 cm³/mol. The Labute approximate surface area is 188 Å². The van der Waals surface area contributed by atoms with Crippen molar-refractivity contribution in [2.45, 2.75) is 44.1 Å². The Balaban J connectivity index is 1.65. The van der Waals surface area contributed by atoms with E-state index in [0.29, 0.717) is 19.0 Å². The Morgan fingerprint density at radius 3 is 2.15 bits per heavy atom. The molecular weight excluding hydrogens is 448 g/mol. The summed E-state index contributed by atoms with van der Waals surface area (Å²) in [6.07, 6.45) is -5.59. The molecule has 0 radical (unpaired) electrons. The summed E-state index contributed by atoms with van der Waals surface area (Å²) < 4.78 is 78.4. The van der Waals surface area contributed by atoms with Gasteiger partial charge in [-0.3, -0.25) is 0 Å². The SMILES string of the molecule is OC(CNCCNCC1CCCC1)c1cc(-c2ccc(C(F)(F)F)cc2)nc(C(F)(F)F)c1. The van der Waals surface area contributed by atoms with Crippen molar-refractivity contribution in [1.29, 1.82) is 0 Å². The monoisotopic (exact) mass is 475 g/mol. The fourth-order valence-corrected chi connectivity index (χ4v) is 3.92. The second-order valence-electron chi connectivity index (χ2n) is 8.32. The van der Waals surface area contributed by atoms with Gasteiger partial charge in [0.15, 0.2) is 0 Å². The average molecular weight is 475 g/mol. The standard InChI is InChI=1S/C23H27F6N3O/c24-22(25,26)18-7-5-16(6-8-18)19-11-17(12-21(32-19)23(27,28)29)20(33)14-31-10-9-30-13-15-3-1-2-4-15/h5-8,11-12,15,20,30-31,33H,1-4,9-10,13-14H2. The third kappa shape index (κ3) is 7.41. The molecule has 1 unspecified atom stereocenters. The van der Waals surface area contributed by atoms with E-state index in [2.05, 4.69) is 15.6 Å². The first-order valence-electron chi connectivity index (χ1n) is 10.9. The summed E-state index contributed by atoms with van der Waals surface area (Å²) in [5, 5.41) is 16.8. The van der Waals surface area contributed by atoms with Gasteiger partial charge in [0.05, 0.1) is 17.4 Å². The number of pyridine rings is 1. The minimum atomic E-state index is -4.77. The number of hydrogen-bond acceptors (Lipinski definition) is 4. The van der Waals surface area contributed by atoms with Gasteiger partial charge in [0.2, 0.25) is 0 Å². The van der Waals surface area contributed by atoms with Gasteiger partial charge in [0, 0.05) is 25.2 Å². The molecule has 33 heavy (non-hydrogen) atoms. The fourth-order valence-electron chi connectivity index (χ4n) is 3.92. The Morgan fingerprint density at radius 2 is 1.55 bits per heavy atom. The first-order chi connectivity index (χ1) is 15.5. The zero-order valence-corrected chi connectivity index (χ0v) is 17.9. The van der Waals surface area contributed by atoms with Crippen molar-refractivity contribution in [3.8, 4) is 11.3 Å². The van der Waals surface area contributed by atoms with Gasteiger partial charge in [-0.25, -0.2) is 4.98 Å². The van der Waals surface area contributed by atoms with E-state index >= 15 is 0 Å². The van der Waals surface area contributed by atoms with Crippen molar-refractivity contribution in [3.05, 3.63) is 53.2 Å². The molecule has 2 aromatic rings. The van der Waals surface area contributed by atoms with Gasteiger partial charge < -0.3 is 15.7 Å². The molecule has 0 spiro atoms. The minimum absolute atomic E-state index is 0.0152. The maximum Gasteiger partial charge on any atom is 0.433 e. The molecule has 10 heteroatoms. The van der Waals surface area contributed by atoms with Crippen LogP contribution in [-0.4, -0.2) is 36.3 Å². The molecule has 3 rings (SSSR count). The molecule has 1 saturated carbocycles. The van der Waals surface area contributed by atoms with Crippen molar-refractivity contribution in [2.75, 3.05) is 26.2 Å². The Hall–Kier alpha value is -2.17. The summed E-state index contributed by atoms with van der Waals surface area (Å²) in [5.41, 5.74) is -2.22. The van der Waals surface area contributed by atoms with Gasteiger partial charge in [0.25, 0.3) is 0 Å². The van der Waals surface area contributed by atoms with Crippen molar-refractivity contribution in [1.82, 2.24) is 15.6 Å². The van der Waals surface area contributed by atoms with Crippen LogP contribution in [0.2, 0.25) is 0 Å². The van der Waals surface area contributed by atoms with Crippen LogP contribution >= 0.6 is 0 Å². The van der Waals surface area contributed by atoms with Crippen LogP contribution in [0.15, 0.2) is 36.4 Å². The molecule has 1 aliphatic carbocycles. The van der Waals surface area contributed by atoms with Gasteiger partial charge in [-0.2, -0.15) is 26.3 Å². The molecule has 0 aliphatic heterocycles. The number of nitrogens with zero attached hydrogens (tertiary/aromatic N) is 1. The maximum absolute atomic E-state index is 13.4. The molecule has 1 atom stereocenters. The lowest BCUT2D eigenvalue weighted by atomic mass is 10.0. The topological polar surface area (TPSA) is 57.2 Å². The zero-order chi connectivity index (χ0) is 24.1. The molecule has 1 fully saturated rings. The molecule has 1 aromatic carbocycles. The van der Waals surface area contributed by atoms with E-state index in [1.807, 2.05) is 0 Å². The lowest BCUT2D eigenvalue weighted by Gasteiger charge is -2.17. The summed E-state index contributed by atoms with van der Waals surface area (Å²) in [4.78, 5) is 3.56. The Bertz CT molecular complexity index is 893. The van der Waals surface area contributed by atoms with E-state index in [0.717, 1.165) is 36.9 Å². The average Bonchev–Trinajstić information content (AvgIpc) is 3.28. The van der Waals surface area contributed by atoms with Crippen molar-refractivity contribution in [2.24, 2.45) is 5.92 Å². The Kier molecular flexibility index (Phi) is 8.36. The number of benzene rings is 1. The van der Waals surface area contributed by atoms with Crippen molar-refractivity contribution in [3.63, 3.8) is 0 Å². The highest BCUT2D eigenvalue weighted by molar-refractivity contribution is 5.61. The lowest BCUT2D eigenvalue weighted by molar-refractivity contribution is -0.141. The summed E-state index contributed by atoms with van der Waals surface area (Å²) in [6.45, 7) is 2.16. The maximum atomic E-state index is 13.4. The highest BCUT2D eigenvalue weighted by Gasteiger charge is 2.34. The minimum Gasteiger partial charge on any atom is -0.387 e. The van der Waals surface area contributed by atoms with Crippen LogP contribution in [-0.2, 0) is 12.4 Å². The first kappa shape index (κ1) is 25.5. The number of hydrogen-bond donors (Lipinski definition) is 3. The van der Waals surface area contributed by atoms with E-state index in [1.54, 1.807) is 0 Å². The van der Waals surface area contributed by atoms with Crippen LogP contribution in [0.4, 0.5) is 26.3 Å². The highest BCUT2D eigenvalue weighted by Crippen LogP contribution is 2.34. The molecular formula is C23H27F6N3O. The molecule has 0 bridgehead atoms. The van der Waals surface area contributed by atoms with E-state index in [9.17, 15) is 31.4 Å². The van der Waals surface area contributed by atoms with Gasteiger partial charge in [0.1, 0.15) is 5.69 Å².